The first kappa shape index (κ1) is 17.8. The van der Waals surface area contributed by atoms with Gasteiger partial charge in [-0.05, 0) is 30.7 Å². The number of carbonyl (C=O) groups is 1. The number of allylic oxidation sites excluding steroid dienone is 3. The highest BCUT2D eigenvalue weighted by atomic mass is 16.5. The third-order valence-electron chi connectivity index (χ3n) is 3.77. The number of aliphatic hydroxyl groups is 2. The predicted molar refractivity (Wildman–Crippen MR) is 96.8 cm³/mol. The smallest absolute Gasteiger partial charge is 0.260 e. The quantitative estimate of drug-likeness (QED) is 0.633. The van der Waals surface area contributed by atoms with Gasteiger partial charge in [0.05, 0.1) is 30.1 Å². The second-order valence-electron chi connectivity index (χ2n) is 5.65. The molecule has 0 saturated heterocycles. The lowest BCUT2D eigenvalue weighted by Crippen LogP contribution is -2.26. The molecule has 0 bridgehead atoms. The second kappa shape index (κ2) is 7.94. The molecule has 3 rings (SSSR count). The molecular weight excluding hydrogens is 336 g/mol. The lowest BCUT2D eigenvalue weighted by atomic mass is 10.0. The molecule has 3 N–H and O–H groups in total. The summed E-state index contributed by atoms with van der Waals surface area (Å²) in [7, 11) is 0. The molecule has 0 aromatic carbocycles. The van der Waals surface area contributed by atoms with Gasteiger partial charge in [0.2, 0.25) is 0 Å². The van der Waals surface area contributed by atoms with E-state index in [9.17, 15) is 4.79 Å². The van der Waals surface area contributed by atoms with E-state index in [1.54, 1.807) is 23.7 Å². The number of carbonyl (C=O) groups excluding carboxylic acids is 1. The van der Waals surface area contributed by atoms with Crippen molar-refractivity contribution in [1.29, 1.82) is 0 Å². The first-order valence-corrected chi connectivity index (χ1v) is 8.23. The number of fused-ring (bicyclic) bond motifs is 1. The van der Waals surface area contributed by atoms with Gasteiger partial charge in [0.1, 0.15) is 6.61 Å². The summed E-state index contributed by atoms with van der Waals surface area (Å²) in [5.74, 6) is 0.184. The molecule has 8 nitrogen and oxygen atoms in total. The summed E-state index contributed by atoms with van der Waals surface area (Å²) in [6, 6.07) is 5.56. The number of nitrogens with zero attached hydrogens (tertiary/aromatic N) is 3. The number of aliphatic imine (C=N–C) groups is 1. The maximum absolute atomic E-state index is 12.0. The largest absolute Gasteiger partial charge is 0.473 e. The molecule has 2 aromatic rings. The van der Waals surface area contributed by atoms with Crippen LogP contribution >= 0.6 is 0 Å². The van der Waals surface area contributed by atoms with Crippen LogP contribution in [0.3, 0.4) is 0 Å². The molecule has 0 unspecified atom stereocenters. The van der Waals surface area contributed by atoms with E-state index in [0.717, 1.165) is 5.52 Å². The maximum Gasteiger partial charge on any atom is 0.260 e. The maximum atomic E-state index is 12.0. The molecule has 0 spiro atoms. The molecular formula is C18H20N4O4. The summed E-state index contributed by atoms with van der Waals surface area (Å²) in [6.45, 7) is 1.91. The van der Waals surface area contributed by atoms with Crippen molar-refractivity contribution in [3.63, 3.8) is 0 Å². The Kier molecular flexibility index (Phi) is 5.45. The third kappa shape index (κ3) is 3.66. The Balaban J connectivity index is 2.09. The number of ether oxygens (including phenoxy) is 1. The summed E-state index contributed by atoms with van der Waals surface area (Å²) < 4.78 is 7.16. The van der Waals surface area contributed by atoms with Crippen LogP contribution in [0.4, 0.5) is 5.69 Å². The fraction of sp³-hybridized carbons (Fsp3) is 0.278. The highest BCUT2D eigenvalue weighted by Crippen LogP contribution is 2.32. The predicted octanol–water partition coefficient (Wildman–Crippen LogP) is 0.773. The molecule has 0 radical (unpaired) electrons. The Morgan fingerprint density at radius 2 is 2.12 bits per heavy atom. The normalized spacial score (nSPS) is 16.0. The summed E-state index contributed by atoms with van der Waals surface area (Å²) in [4.78, 5) is 16.6. The molecule has 2 aromatic heterocycles. The Labute approximate surface area is 150 Å². The summed E-state index contributed by atoms with van der Waals surface area (Å²) in [5, 5.41) is 25.4. The molecule has 0 aliphatic heterocycles. The highest BCUT2D eigenvalue weighted by molar-refractivity contribution is 6.22. The van der Waals surface area contributed by atoms with Crippen molar-refractivity contribution in [2.45, 2.75) is 6.92 Å². The number of ketones is 1. The fourth-order valence-corrected chi connectivity index (χ4v) is 2.53. The van der Waals surface area contributed by atoms with Crippen LogP contribution in [-0.4, -0.2) is 57.7 Å². The van der Waals surface area contributed by atoms with Crippen molar-refractivity contribution >= 4 is 22.7 Å². The van der Waals surface area contributed by atoms with Gasteiger partial charge in [-0.15, -0.1) is 5.10 Å². The van der Waals surface area contributed by atoms with Gasteiger partial charge in [-0.3, -0.25) is 4.79 Å². The van der Waals surface area contributed by atoms with E-state index in [0.29, 0.717) is 35.1 Å². The van der Waals surface area contributed by atoms with Gasteiger partial charge in [0.15, 0.2) is 11.5 Å². The average Bonchev–Trinajstić information content (AvgIpc) is 2.99. The van der Waals surface area contributed by atoms with Crippen molar-refractivity contribution in [3.05, 3.63) is 47.8 Å². The molecule has 1 aliphatic carbocycles. The zero-order valence-corrected chi connectivity index (χ0v) is 14.3. The number of hydrogen-bond donors (Lipinski definition) is 3. The summed E-state index contributed by atoms with van der Waals surface area (Å²) >= 11 is 0. The number of aliphatic hydroxyl groups excluding tert-OH is 2. The van der Waals surface area contributed by atoms with E-state index in [1.165, 1.54) is 6.08 Å². The molecule has 0 amide bonds. The van der Waals surface area contributed by atoms with Gasteiger partial charge in [-0.25, -0.2) is 9.51 Å². The van der Waals surface area contributed by atoms with E-state index in [-0.39, 0.29) is 25.6 Å². The van der Waals surface area contributed by atoms with Crippen LogP contribution < -0.4 is 10.1 Å². The van der Waals surface area contributed by atoms with Crippen molar-refractivity contribution in [2.24, 2.45) is 4.99 Å². The SMILES string of the molecule is CC1=CC(=Nc2c(OCCO)nn3ccccc23)C(NCCO)=CC1=O. The molecule has 0 atom stereocenters. The van der Waals surface area contributed by atoms with Crippen LogP contribution in [0.25, 0.3) is 5.52 Å². The van der Waals surface area contributed by atoms with Gasteiger partial charge < -0.3 is 20.3 Å². The van der Waals surface area contributed by atoms with Crippen LogP contribution in [0.5, 0.6) is 5.88 Å². The van der Waals surface area contributed by atoms with Crippen LogP contribution in [0.1, 0.15) is 6.92 Å². The average molecular weight is 356 g/mol. The zero-order chi connectivity index (χ0) is 18.5. The van der Waals surface area contributed by atoms with Crippen molar-refractivity contribution in [1.82, 2.24) is 14.9 Å². The molecule has 26 heavy (non-hydrogen) atoms. The van der Waals surface area contributed by atoms with Crippen LogP contribution in [0, 0.1) is 0 Å². The second-order valence-corrected chi connectivity index (χ2v) is 5.65. The van der Waals surface area contributed by atoms with Gasteiger partial charge in [-0.2, -0.15) is 0 Å². The number of rotatable bonds is 7. The van der Waals surface area contributed by atoms with Gasteiger partial charge in [0, 0.05) is 18.8 Å². The Bertz CT molecular complexity index is 911. The number of nitrogens with one attached hydrogen (secondary N) is 1. The van der Waals surface area contributed by atoms with Gasteiger partial charge >= 0.3 is 0 Å². The Morgan fingerprint density at radius 3 is 2.88 bits per heavy atom. The van der Waals surface area contributed by atoms with Gasteiger partial charge in [0.25, 0.3) is 5.88 Å². The van der Waals surface area contributed by atoms with E-state index in [1.807, 2.05) is 18.2 Å². The van der Waals surface area contributed by atoms with E-state index >= 15 is 0 Å². The molecule has 1 aliphatic rings. The monoisotopic (exact) mass is 356 g/mol. The number of pyridine rings is 1. The third-order valence-corrected chi connectivity index (χ3v) is 3.77. The van der Waals surface area contributed by atoms with Crippen molar-refractivity contribution in [3.8, 4) is 5.88 Å². The summed E-state index contributed by atoms with van der Waals surface area (Å²) in [6.07, 6.45) is 4.92. The topological polar surface area (TPSA) is 108 Å². The minimum atomic E-state index is -0.138. The summed E-state index contributed by atoms with van der Waals surface area (Å²) in [5.41, 5.74) is 2.87. The van der Waals surface area contributed by atoms with E-state index < -0.39 is 0 Å². The minimum absolute atomic E-state index is 0.0664. The minimum Gasteiger partial charge on any atom is -0.473 e. The van der Waals surface area contributed by atoms with E-state index in [2.05, 4.69) is 15.4 Å². The molecule has 2 heterocycles. The molecule has 8 heteroatoms. The van der Waals surface area contributed by atoms with Crippen molar-refractivity contribution < 1.29 is 19.7 Å². The first-order chi connectivity index (χ1) is 12.6. The standard InChI is InChI=1S/C18H20N4O4/c1-12-10-14(13(11-16(12)25)19-5-7-23)20-17-15-4-2-3-6-22(15)21-18(17)26-9-8-24/h2-4,6,10-11,19,23-24H,5,7-9H2,1H3. The van der Waals surface area contributed by atoms with E-state index in [4.69, 9.17) is 14.9 Å². The molecule has 0 saturated carbocycles. The number of aromatic nitrogens is 2. The van der Waals surface area contributed by atoms with Crippen LogP contribution in [0.15, 0.2) is 52.8 Å². The highest BCUT2D eigenvalue weighted by Gasteiger charge is 2.19. The zero-order valence-electron chi connectivity index (χ0n) is 14.3. The lowest BCUT2D eigenvalue weighted by molar-refractivity contribution is -0.111. The lowest BCUT2D eigenvalue weighted by Gasteiger charge is -2.15. The van der Waals surface area contributed by atoms with Gasteiger partial charge in [-0.1, -0.05) is 6.07 Å². The van der Waals surface area contributed by atoms with Crippen LogP contribution in [0.2, 0.25) is 0 Å². The Hall–Kier alpha value is -2.97. The number of hydrogen-bond acceptors (Lipinski definition) is 7. The Morgan fingerprint density at radius 1 is 1.27 bits per heavy atom. The van der Waals surface area contributed by atoms with Crippen molar-refractivity contribution in [2.75, 3.05) is 26.4 Å². The van der Waals surface area contributed by atoms with Crippen LogP contribution in [-0.2, 0) is 4.79 Å². The molecule has 136 valence electrons. The molecule has 0 fully saturated rings. The first-order valence-electron chi connectivity index (χ1n) is 8.23. The fourth-order valence-electron chi connectivity index (χ4n) is 2.53.